The molecule has 0 saturated heterocycles. The van der Waals surface area contributed by atoms with E-state index < -0.39 is 0 Å². The zero-order chi connectivity index (χ0) is 13.9. The third-order valence-corrected chi connectivity index (χ3v) is 2.81. The van der Waals surface area contributed by atoms with Gasteiger partial charge in [-0.3, -0.25) is 10.1 Å². The lowest BCUT2D eigenvalue weighted by Gasteiger charge is -2.17. The number of aryl methyl sites for hydroxylation is 1. The van der Waals surface area contributed by atoms with E-state index in [1.807, 2.05) is 25.8 Å². The van der Waals surface area contributed by atoms with Gasteiger partial charge in [-0.15, -0.1) is 0 Å². The van der Waals surface area contributed by atoms with Gasteiger partial charge >= 0.3 is 5.69 Å². The van der Waals surface area contributed by atoms with E-state index in [2.05, 4.69) is 5.10 Å². The van der Waals surface area contributed by atoms with Crippen molar-refractivity contribution in [2.45, 2.75) is 26.2 Å². The molecule has 1 heterocycles. The Morgan fingerprint density at radius 3 is 2.61 bits per heavy atom. The van der Waals surface area contributed by atoms with Crippen LogP contribution in [0.15, 0.2) is 0 Å². The fraction of sp³-hybridized carbons (Fsp3) is 0.727. The van der Waals surface area contributed by atoms with Crippen LogP contribution in [0.4, 0.5) is 11.5 Å². The molecule has 1 aromatic heterocycles. The zero-order valence-corrected chi connectivity index (χ0v) is 11.4. The molecule has 0 saturated carbocycles. The molecule has 0 aliphatic heterocycles. The van der Waals surface area contributed by atoms with Crippen molar-refractivity contribution < 1.29 is 4.92 Å². The average molecular weight is 255 g/mol. The van der Waals surface area contributed by atoms with Crippen molar-refractivity contribution in [3.05, 3.63) is 15.8 Å². The fourth-order valence-corrected chi connectivity index (χ4v) is 1.95. The van der Waals surface area contributed by atoms with Gasteiger partial charge in [0.15, 0.2) is 0 Å². The van der Waals surface area contributed by atoms with Gasteiger partial charge in [0.25, 0.3) is 0 Å². The molecule has 0 fully saturated rings. The Bertz CT molecular complexity index is 427. The summed E-state index contributed by atoms with van der Waals surface area (Å²) in [6, 6.07) is 0. The van der Waals surface area contributed by atoms with E-state index in [-0.39, 0.29) is 16.5 Å². The lowest BCUT2D eigenvalue weighted by Crippen LogP contribution is -2.24. The Morgan fingerprint density at radius 2 is 2.17 bits per heavy atom. The minimum atomic E-state index is -0.351. The third-order valence-electron chi connectivity index (χ3n) is 2.81. The maximum absolute atomic E-state index is 11.2. The van der Waals surface area contributed by atoms with Crippen molar-refractivity contribution >= 4 is 11.5 Å². The lowest BCUT2D eigenvalue weighted by atomic mass is 10.1. The number of hydrogen-bond acceptors (Lipinski definition) is 5. The van der Waals surface area contributed by atoms with Crippen LogP contribution >= 0.6 is 0 Å². The van der Waals surface area contributed by atoms with Crippen molar-refractivity contribution in [3.8, 4) is 0 Å². The summed E-state index contributed by atoms with van der Waals surface area (Å²) in [5.74, 6) is 0.561. The predicted octanol–water partition coefficient (Wildman–Crippen LogP) is 1.24. The number of aromatic nitrogens is 2. The first kappa shape index (κ1) is 14.4. The van der Waals surface area contributed by atoms with Crippen LogP contribution in [0.3, 0.4) is 0 Å². The summed E-state index contributed by atoms with van der Waals surface area (Å²) >= 11 is 0. The molecule has 2 N–H and O–H groups in total. The Balaban J connectivity index is 3.21. The molecular formula is C11H21N5O2. The molecule has 7 nitrogen and oxygen atoms in total. The van der Waals surface area contributed by atoms with E-state index in [0.29, 0.717) is 24.6 Å². The number of hydrogen-bond donors (Lipinski definition) is 1. The normalized spacial score (nSPS) is 11.0. The Morgan fingerprint density at radius 1 is 1.56 bits per heavy atom. The average Bonchev–Trinajstić information content (AvgIpc) is 2.64. The van der Waals surface area contributed by atoms with Gasteiger partial charge in [0.2, 0.25) is 5.82 Å². The maximum Gasteiger partial charge on any atom is 0.334 e. The molecule has 1 rings (SSSR count). The Kier molecular flexibility index (Phi) is 4.66. The summed E-state index contributed by atoms with van der Waals surface area (Å²) in [7, 11) is 3.55. The van der Waals surface area contributed by atoms with Crippen LogP contribution in [-0.2, 0) is 7.05 Å². The lowest BCUT2D eigenvalue weighted by molar-refractivity contribution is -0.385. The highest BCUT2D eigenvalue weighted by molar-refractivity contribution is 5.61. The topological polar surface area (TPSA) is 90.2 Å². The van der Waals surface area contributed by atoms with Gasteiger partial charge in [-0.05, 0) is 13.0 Å². The molecule has 0 amide bonds. The second-order valence-corrected chi connectivity index (χ2v) is 4.66. The summed E-state index contributed by atoms with van der Waals surface area (Å²) in [5.41, 5.74) is 6.09. The summed E-state index contributed by atoms with van der Waals surface area (Å²) in [6.45, 7) is 5.04. The monoisotopic (exact) mass is 255 g/mol. The van der Waals surface area contributed by atoms with Crippen LogP contribution in [0.25, 0.3) is 0 Å². The number of anilines is 1. The quantitative estimate of drug-likeness (QED) is 0.610. The first-order chi connectivity index (χ1) is 8.40. The van der Waals surface area contributed by atoms with E-state index in [1.54, 1.807) is 11.7 Å². The largest absolute Gasteiger partial charge is 0.354 e. The van der Waals surface area contributed by atoms with E-state index >= 15 is 0 Å². The minimum absolute atomic E-state index is 0.0215. The first-order valence-corrected chi connectivity index (χ1v) is 6.02. The van der Waals surface area contributed by atoms with Crippen LogP contribution in [0.1, 0.15) is 31.9 Å². The minimum Gasteiger partial charge on any atom is -0.354 e. The van der Waals surface area contributed by atoms with Gasteiger partial charge in [-0.2, -0.15) is 5.10 Å². The van der Waals surface area contributed by atoms with Gasteiger partial charge in [0.05, 0.1) is 4.92 Å². The number of nitrogens with two attached hydrogens (primary N) is 1. The van der Waals surface area contributed by atoms with Crippen molar-refractivity contribution in [2.24, 2.45) is 12.8 Å². The van der Waals surface area contributed by atoms with Crippen molar-refractivity contribution in [2.75, 3.05) is 25.0 Å². The highest BCUT2D eigenvalue weighted by Crippen LogP contribution is 2.34. The van der Waals surface area contributed by atoms with E-state index in [9.17, 15) is 10.1 Å². The molecule has 0 atom stereocenters. The van der Waals surface area contributed by atoms with Crippen LogP contribution < -0.4 is 10.6 Å². The van der Waals surface area contributed by atoms with Crippen LogP contribution in [-0.4, -0.2) is 34.8 Å². The molecule has 0 aromatic carbocycles. The summed E-state index contributed by atoms with van der Waals surface area (Å²) in [6.07, 6.45) is 0.788. The maximum atomic E-state index is 11.2. The summed E-state index contributed by atoms with van der Waals surface area (Å²) in [5, 5.41) is 15.5. The highest BCUT2D eigenvalue weighted by atomic mass is 16.6. The smallest absolute Gasteiger partial charge is 0.334 e. The second kappa shape index (κ2) is 5.81. The molecular weight excluding hydrogens is 234 g/mol. The number of nitrogens with zero attached hydrogens (tertiary/aromatic N) is 4. The molecule has 7 heteroatoms. The predicted molar refractivity (Wildman–Crippen MR) is 70.9 cm³/mol. The van der Waals surface area contributed by atoms with Crippen molar-refractivity contribution in [1.29, 1.82) is 0 Å². The second-order valence-electron chi connectivity index (χ2n) is 4.66. The Hall–Kier alpha value is -1.63. The molecule has 0 spiro atoms. The highest BCUT2D eigenvalue weighted by Gasteiger charge is 2.30. The van der Waals surface area contributed by atoms with Crippen molar-refractivity contribution in [3.63, 3.8) is 0 Å². The molecule has 0 aliphatic carbocycles. The van der Waals surface area contributed by atoms with Crippen LogP contribution in [0.5, 0.6) is 0 Å². The SMILES string of the molecule is CC(C)c1nn(C)c(N(C)CCCN)c1[N+](=O)[O-]. The van der Waals surface area contributed by atoms with Crippen molar-refractivity contribution in [1.82, 2.24) is 9.78 Å². The molecule has 18 heavy (non-hydrogen) atoms. The van der Waals surface area contributed by atoms with Gasteiger partial charge in [-0.25, -0.2) is 4.68 Å². The first-order valence-electron chi connectivity index (χ1n) is 6.02. The molecule has 0 unspecified atom stereocenters. The molecule has 0 bridgehead atoms. The standard InChI is InChI=1S/C11H21N5O2/c1-8(2)9-10(16(17)18)11(15(4)13-9)14(3)7-5-6-12/h8H,5-7,12H2,1-4H3. The summed E-state index contributed by atoms with van der Waals surface area (Å²) in [4.78, 5) is 12.7. The number of nitro groups is 1. The third kappa shape index (κ3) is 2.79. The summed E-state index contributed by atoms with van der Waals surface area (Å²) < 4.78 is 1.57. The van der Waals surface area contributed by atoms with E-state index in [4.69, 9.17) is 5.73 Å². The van der Waals surface area contributed by atoms with E-state index in [0.717, 1.165) is 6.42 Å². The van der Waals surface area contributed by atoms with E-state index in [1.165, 1.54) is 0 Å². The molecule has 0 radical (unpaired) electrons. The van der Waals surface area contributed by atoms with Gasteiger partial charge in [0, 0.05) is 26.6 Å². The van der Waals surface area contributed by atoms with Gasteiger partial charge in [-0.1, -0.05) is 13.8 Å². The molecule has 0 aliphatic rings. The van der Waals surface area contributed by atoms with Crippen LogP contribution in [0.2, 0.25) is 0 Å². The van der Waals surface area contributed by atoms with Crippen LogP contribution in [0, 0.1) is 10.1 Å². The zero-order valence-electron chi connectivity index (χ0n) is 11.4. The molecule has 1 aromatic rings. The van der Waals surface area contributed by atoms with Gasteiger partial charge < -0.3 is 10.6 Å². The molecule has 102 valence electrons. The Labute approximate surface area is 107 Å². The fourth-order valence-electron chi connectivity index (χ4n) is 1.95. The van der Waals surface area contributed by atoms with Gasteiger partial charge in [0.1, 0.15) is 5.69 Å². The number of rotatable bonds is 6.